The van der Waals surface area contributed by atoms with Crippen molar-refractivity contribution in [1.29, 1.82) is 0 Å². The summed E-state index contributed by atoms with van der Waals surface area (Å²) >= 11 is 0. The number of benzene rings is 1. The fraction of sp³-hybridized carbons (Fsp3) is 0.552. The molecule has 0 aromatic heterocycles. The molecule has 0 spiro atoms. The molecule has 1 heterocycles. The minimum absolute atomic E-state index is 0.114. The molecule has 4 rings (SSSR count). The van der Waals surface area contributed by atoms with Gasteiger partial charge in [-0.2, -0.15) is 0 Å². The van der Waals surface area contributed by atoms with Gasteiger partial charge in [-0.05, 0) is 69.1 Å². The van der Waals surface area contributed by atoms with E-state index in [1.807, 2.05) is 45.0 Å². The topological polar surface area (TPSA) is 90.9 Å². The summed E-state index contributed by atoms with van der Waals surface area (Å²) in [5.41, 5.74) is 3.10. The fourth-order valence-corrected chi connectivity index (χ4v) is 5.66. The standard InChI is InChI=1S/C29H37NO6/c1-5-15-35-20-13-11-19(12-14-20)25-24(29(33)36-21-9-7-6-8-10-21)18(3)30-22-16-17(2)23(28(32)34-4)27(31)26(22)25/h11-14,17,21,23,25,30H,5-10,15-16H2,1-4H3/t17-,23-,25+/m0/s1. The molecule has 1 N–H and O–H groups in total. The van der Waals surface area contributed by atoms with Gasteiger partial charge >= 0.3 is 11.9 Å². The van der Waals surface area contributed by atoms with E-state index in [9.17, 15) is 14.4 Å². The Morgan fingerprint density at radius 1 is 1.08 bits per heavy atom. The zero-order chi connectivity index (χ0) is 25.8. The number of hydrogen-bond donors (Lipinski definition) is 1. The van der Waals surface area contributed by atoms with Crippen molar-refractivity contribution in [3.63, 3.8) is 0 Å². The van der Waals surface area contributed by atoms with Gasteiger partial charge in [0.1, 0.15) is 17.8 Å². The lowest BCUT2D eigenvalue weighted by atomic mass is 9.69. The van der Waals surface area contributed by atoms with Gasteiger partial charge in [0.25, 0.3) is 0 Å². The lowest BCUT2D eigenvalue weighted by molar-refractivity contribution is -0.151. The highest BCUT2D eigenvalue weighted by atomic mass is 16.5. The highest BCUT2D eigenvalue weighted by Gasteiger charge is 2.47. The van der Waals surface area contributed by atoms with Crippen molar-refractivity contribution in [3.05, 3.63) is 52.4 Å². The molecule has 0 radical (unpaired) electrons. The molecule has 1 fully saturated rings. The predicted octanol–water partition coefficient (Wildman–Crippen LogP) is 4.96. The van der Waals surface area contributed by atoms with Gasteiger partial charge in [0.2, 0.25) is 0 Å². The van der Waals surface area contributed by atoms with E-state index in [0.717, 1.165) is 55.5 Å². The van der Waals surface area contributed by atoms with Crippen molar-refractivity contribution in [2.45, 2.75) is 77.7 Å². The number of ether oxygens (including phenoxy) is 3. The van der Waals surface area contributed by atoms with Gasteiger partial charge in [-0.3, -0.25) is 9.59 Å². The number of esters is 2. The Hall–Kier alpha value is -3.09. The lowest BCUT2D eigenvalue weighted by Crippen LogP contribution is -2.43. The first-order chi connectivity index (χ1) is 17.3. The fourth-order valence-electron chi connectivity index (χ4n) is 5.66. The molecular formula is C29H37NO6. The molecule has 3 aliphatic rings. The quantitative estimate of drug-likeness (QED) is 0.422. The molecule has 0 unspecified atom stereocenters. The van der Waals surface area contributed by atoms with Crippen molar-refractivity contribution in [1.82, 2.24) is 5.32 Å². The van der Waals surface area contributed by atoms with E-state index in [0.29, 0.717) is 29.9 Å². The van der Waals surface area contributed by atoms with Gasteiger partial charge in [0.15, 0.2) is 5.78 Å². The zero-order valence-electron chi connectivity index (χ0n) is 21.7. The van der Waals surface area contributed by atoms with Crippen molar-refractivity contribution < 1.29 is 28.6 Å². The van der Waals surface area contributed by atoms with Crippen LogP contribution in [0.5, 0.6) is 5.75 Å². The van der Waals surface area contributed by atoms with E-state index in [-0.39, 0.29) is 17.8 Å². The minimum Gasteiger partial charge on any atom is -0.494 e. The molecule has 2 aliphatic carbocycles. The second-order valence-corrected chi connectivity index (χ2v) is 10.1. The summed E-state index contributed by atoms with van der Waals surface area (Å²) in [6, 6.07) is 7.51. The van der Waals surface area contributed by atoms with Crippen LogP contribution in [0.15, 0.2) is 46.8 Å². The molecule has 0 amide bonds. The number of rotatable bonds is 7. The van der Waals surface area contributed by atoms with Crippen LogP contribution in [0.2, 0.25) is 0 Å². The Labute approximate surface area is 213 Å². The van der Waals surface area contributed by atoms with E-state index >= 15 is 0 Å². The Morgan fingerprint density at radius 3 is 2.42 bits per heavy atom. The summed E-state index contributed by atoms with van der Waals surface area (Å²) < 4.78 is 16.7. The summed E-state index contributed by atoms with van der Waals surface area (Å²) in [6.45, 7) is 6.39. The van der Waals surface area contributed by atoms with E-state index in [1.54, 1.807) is 0 Å². The number of hydrogen-bond acceptors (Lipinski definition) is 7. The number of carbonyl (C=O) groups is 3. The summed E-state index contributed by atoms with van der Waals surface area (Å²) in [6.07, 6.45) is 6.25. The predicted molar refractivity (Wildman–Crippen MR) is 135 cm³/mol. The van der Waals surface area contributed by atoms with Crippen LogP contribution in [0.4, 0.5) is 0 Å². The minimum atomic E-state index is -0.903. The largest absolute Gasteiger partial charge is 0.494 e. The summed E-state index contributed by atoms with van der Waals surface area (Å²) in [4.78, 5) is 40.0. The normalized spacial score (nSPS) is 24.7. The first kappa shape index (κ1) is 26.0. The molecule has 36 heavy (non-hydrogen) atoms. The average molecular weight is 496 g/mol. The third-order valence-electron chi connectivity index (χ3n) is 7.48. The molecule has 1 saturated carbocycles. The smallest absolute Gasteiger partial charge is 0.337 e. The number of dihydropyridines is 1. The molecular weight excluding hydrogens is 458 g/mol. The Morgan fingerprint density at radius 2 is 1.78 bits per heavy atom. The second kappa shape index (κ2) is 11.3. The van der Waals surface area contributed by atoms with Crippen molar-refractivity contribution >= 4 is 17.7 Å². The Balaban J connectivity index is 1.75. The van der Waals surface area contributed by atoms with Crippen LogP contribution in [0.25, 0.3) is 0 Å². The highest BCUT2D eigenvalue weighted by molar-refractivity contribution is 6.12. The van der Waals surface area contributed by atoms with Crippen LogP contribution in [0.1, 0.15) is 77.2 Å². The highest BCUT2D eigenvalue weighted by Crippen LogP contribution is 2.46. The molecule has 7 heteroatoms. The molecule has 0 bridgehead atoms. The maximum atomic E-state index is 13.8. The SMILES string of the molecule is CCCOc1ccc([C@@H]2C(C(=O)OC3CCCCC3)=C(C)NC3=C2C(=O)[C@@H](C(=O)OC)[C@@H](C)C3)cc1. The molecule has 0 saturated heterocycles. The Bertz CT molecular complexity index is 1060. The molecule has 1 aromatic rings. The van der Waals surface area contributed by atoms with E-state index in [2.05, 4.69) is 5.32 Å². The van der Waals surface area contributed by atoms with Crippen LogP contribution in [-0.2, 0) is 23.9 Å². The van der Waals surface area contributed by atoms with Crippen molar-refractivity contribution in [2.24, 2.45) is 11.8 Å². The molecule has 194 valence electrons. The Kier molecular flexibility index (Phi) is 8.17. The molecule has 1 aromatic carbocycles. The van der Waals surface area contributed by atoms with E-state index in [4.69, 9.17) is 14.2 Å². The number of ketones is 1. The van der Waals surface area contributed by atoms with Crippen LogP contribution in [-0.4, -0.2) is 37.5 Å². The third kappa shape index (κ3) is 5.20. The molecule has 1 aliphatic heterocycles. The van der Waals surface area contributed by atoms with Crippen molar-refractivity contribution in [3.8, 4) is 5.75 Å². The summed E-state index contributed by atoms with van der Waals surface area (Å²) in [5, 5.41) is 3.32. The van der Waals surface area contributed by atoms with Crippen LogP contribution in [0.3, 0.4) is 0 Å². The van der Waals surface area contributed by atoms with Gasteiger partial charge in [-0.25, -0.2) is 4.79 Å². The molecule has 7 nitrogen and oxygen atoms in total. The van der Waals surface area contributed by atoms with E-state index in [1.165, 1.54) is 7.11 Å². The number of carbonyl (C=O) groups excluding carboxylic acids is 3. The summed E-state index contributed by atoms with van der Waals surface area (Å²) in [5.74, 6) is -2.27. The van der Waals surface area contributed by atoms with Gasteiger partial charge < -0.3 is 19.5 Å². The van der Waals surface area contributed by atoms with Gasteiger partial charge in [0, 0.05) is 22.9 Å². The monoisotopic (exact) mass is 495 g/mol. The number of Topliss-reactive ketones (excluding diaryl/α,β-unsaturated/α-hetero) is 1. The third-order valence-corrected chi connectivity index (χ3v) is 7.48. The first-order valence-corrected chi connectivity index (χ1v) is 13.1. The number of allylic oxidation sites excluding steroid dienone is 3. The number of nitrogens with one attached hydrogen (secondary N) is 1. The van der Waals surface area contributed by atoms with Gasteiger partial charge in [-0.1, -0.05) is 32.4 Å². The van der Waals surface area contributed by atoms with E-state index < -0.39 is 23.8 Å². The molecule has 3 atom stereocenters. The zero-order valence-corrected chi connectivity index (χ0v) is 21.7. The van der Waals surface area contributed by atoms with Crippen LogP contribution < -0.4 is 10.1 Å². The number of methoxy groups -OCH3 is 1. The maximum Gasteiger partial charge on any atom is 0.337 e. The second-order valence-electron chi connectivity index (χ2n) is 10.1. The first-order valence-electron chi connectivity index (χ1n) is 13.1. The van der Waals surface area contributed by atoms with Gasteiger partial charge in [-0.15, -0.1) is 0 Å². The van der Waals surface area contributed by atoms with Gasteiger partial charge in [0.05, 0.1) is 19.3 Å². The maximum absolute atomic E-state index is 13.8. The van der Waals surface area contributed by atoms with Crippen LogP contribution in [0, 0.1) is 11.8 Å². The van der Waals surface area contributed by atoms with Crippen molar-refractivity contribution in [2.75, 3.05) is 13.7 Å². The lowest BCUT2D eigenvalue weighted by Gasteiger charge is -2.38. The summed E-state index contributed by atoms with van der Waals surface area (Å²) in [7, 11) is 1.30. The van der Waals surface area contributed by atoms with Crippen LogP contribution >= 0.6 is 0 Å². The average Bonchev–Trinajstić information content (AvgIpc) is 2.87.